The smallest absolute Gasteiger partial charge is 0.211 e. The number of halogens is 2. The van der Waals surface area contributed by atoms with Gasteiger partial charge in [-0.3, -0.25) is 0 Å². The molecule has 1 aromatic heterocycles. The van der Waals surface area contributed by atoms with E-state index in [2.05, 4.69) is 10.3 Å². The predicted molar refractivity (Wildman–Crippen MR) is 50.9 cm³/mol. The second kappa shape index (κ2) is 3.42. The van der Waals surface area contributed by atoms with E-state index < -0.39 is 5.92 Å². The minimum Gasteiger partial charge on any atom is -0.211 e. The molecule has 0 radical (unpaired) electrons. The van der Waals surface area contributed by atoms with Crippen molar-refractivity contribution in [2.24, 2.45) is 0 Å². The number of rotatable bonds is 2. The first kappa shape index (κ1) is 9.76. The van der Waals surface area contributed by atoms with Gasteiger partial charge in [0.15, 0.2) is 0 Å². The molecule has 0 saturated carbocycles. The van der Waals surface area contributed by atoms with Crippen molar-refractivity contribution in [1.29, 1.82) is 0 Å². The Bertz CT molecular complexity index is 445. The van der Waals surface area contributed by atoms with Crippen LogP contribution in [0.4, 0.5) is 8.78 Å². The van der Waals surface area contributed by atoms with E-state index in [4.69, 9.17) is 0 Å². The van der Waals surface area contributed by atoms with Gasteiger partial charge in [0.2, 0.25) is 0 Å². The molecule has 2 aromatic rings. The second-order valence-electron chi connectivity index (χ2n) is 3.25. The molecule has 5 heteroatoms. The Morgan fingerprint density at radius 2 is 1.87 bits per heavy atom. The lowest BCUT2D eigenvalue weighted by Gasteiger charge is -2.11. The van der Waals surface area contributed by atoms with Crippen LogP contribution in [0.5, 0.6) is 0 Å². The molecule has 0 saturated heterocycles. The molecule has 78 valence electrons. The first-order valence-electron chi connectivity index (χ1n) is 4.43. The highest BCUT2D eigenvalue weighted by molar-refractivity contribution is 5.32. The van der Waals surface area contributed by atoms with Crippen molar-refractivity contribution in [3.05, 3.63) is 42.2 Å². The van der Waals surface area contributed by atoms with Gasteiger partial charge in [-0.15, -0.1) is 5.10 Å². The van der Waals surface area contributed by atoms with Crippen LogP contribution in [0.15, 0.2) is 36.5 Å². The average molecular weight is 209 g/mol. The van der Waals surface area contributed by atoms with Gasteiger partial charge >= 0.3 is 0 Å². The molecule has 2 rings (SSSR count). The third-order valence-electron chi connectivity index (χ3n) is 2.00. The summed E-state index contributed by atoms with van der Waals surface area (Å²) < 4.78 is 27.4. The summed E-state index contributed by atoms with van der Waals surface area (Å²) in [6.07, 6.45) is 1.08. The molecule has 0 N–H and O–H groups in total. The molecular weight excluding hydrogens is 200 g/mol. The fraction of sp³-hybridized carbons (Fsp3) is 0.200. The summed E-state index contributed by atoms with van der Waals surface area (Å²) in [5.74, 6) is -2.95. The van der Waals surface area contributed by atoms with Gasteiger partial charge in [-0.1, -0.05) is 23.4 Å². The third kappa shape index (κ3) is 1.86. The molecule has 0 aliphatic rings. The van der Waals surface area contributed by atoms with E-state index in [1.54, 1.807) is 24.3 Å². The van der Waals surface area contributed by atoms with E-state index in [0.717, 1.165) is 17.8 Å². The highest BCUT2D eigenvalue weighted by Crippen LogP contribution is 2.27. The number of alkyl halides is 2. The minimum absolute atomic E-state index is 0.214. The Morgan fingerprint density at radius 1 is 1.20 bits per heavy atom. The van der Waals surface area contributed by atoms with E-state index in [1.807, 2.05) is 6.07 Å². The van der Waals surface area contributed by atoms with Crippen LogP contribution in [0.25, 0.3) is 5.69 Å². The number of aromatic nitrogens is 3. The number of nitrogens with zero attached hydrogens (tertiary/aromatic N) is 3. The first-order chi connectivity index (χ1) is 7.09. The van der Waals surface area contributed by atoms with Crippen molar-refractivity contribution < 1.29 is 8.78 Å². The van der Waals surface area contributed by atoms with Gasteiger partial charge in [-0.2, -0.15) is 8.78 Å². The summed E-state index contributed by atoms with van der Waals surface area (Å²) >= 11 is 0. The maximum absolute atomic E-state index is 13.1. The van der Waals surface area contributed by atoms with Crippen molar-refractivity contribution in [3.63, 3.8) is 0 Å². The number of hydrogen-bond donors (Lipinski definition) is 0. The highest BCUT2D eigenvalue weighted by atomic mass is 19.3. The van der Waals surface area contributed by atoms with Crippen LogP contribution < -0.4 is 0 Å². The molecule has 0 spiro atoms. The summed E-state index contributed by atoms with van der Waals surface area (Å²) in [5.41, 5.74) is 0.361. The Kier molecular flexibility index (Phi) is 2.22. The predicted octanol–water partition coefficient (Wildman–Crippen LogP) is 2.38. The SMILES string of the molecule is CC(F)(F)c1cnnn1-c1ccccc1. The van der Waals surface area contributed by atoms with E-state index in [1.165, 1.54) is 0 Å². The van der Waals surface area contributed by atoms with E-state index in [0.29, 0.717) is 5.69 Å². The van der Waals surface area contributed by atoms with Gasteiger partial charge in [0.1, 0.15) is 5.69 Å². The van der Waals surface area contributed by atoms with Gasteiger partial charge < -0.3 is 0 Å². The molecule has 0 aliphatic carbocycles. The van der Waals surface area contributed by atoms with Crippen LogP contribution in [0, 0.1) is 0 Å². The molecule has 0 amide bonds. The standard InChI is InChI=1S/C10H9F2N3/c1-10(11,12)9-7-13-14-15(9)8-5-3-2-4-6-8/h2-7H,1H3. The first-order valence-corrected chi connectivity index (χ1v) is 4.43. The second-order valence-corrected chi connectivity index (χ2v) is 3.25. The van der Waals surface area contributed by atoms with Crippen LogP contribution in [0.2, 0.25) is 0 Å². The van der Waals surface area contributed by atoms with Gasteiger partial charge in [-0.25, -0.2) is 4.68 Å². The van der Waals surface area contributed by atoms with Crippen molar-refractivity contribution >= 4 is 0 Å². The summed E-state index contributed by atoms with van der Waals surface area (Å²) in [7, 11) is 0. The topological polar surface area (TPSA) is 30.7 Å². The zero-order chi connectivity index (χ0) is 10.9. The normalized spacial score (nSPS) is 11.7. The lowest BCUT2D eigenvalue weighted by molar-refractivity contribution is 0.0102. The van der Waals surface area contributed by atoms with Crippen LogP contribution in [-0.2, 0) is 5.92 Å². The van der Waals surface area contributed by atoms with Gasteiger partial charge in [0.25, 0.3) is 5.92 Å². The van der Waals surface area contributed by atoms with Crippen molar-refractivity contribution in [2.45, 2.75) is 12.8 Å². The molecule has 15 heavy (non-hydrogen) atoms. The Balaban J connectivity index is 2.51. The van der Waals surface area contributed by atoms with Crippen LogP contribution in [0.3, 0.4) is 0 Å². The van der Waals surface area contributed by atoms with Gasteiger partial charge in [-0.05, 0) is 12.1 Å². The fourth-order valence-electron chi connectivity index (χ4n) is 1.29. The maximum atomic E-state index is 13.1. The van der Waals surface area contributed by atoms with Crippen LogP contribution in [0.1, 0.15) is 12.6 Å². The number of benzene rings is 1. The Morgan fingerprint density at radius 3 is 2.47 bits per heavy atom. The lowest BCUT2D eigenvalue weighted by Crippen LogP contribution is -2.14. The zero-order valence-electron chi connectivity index (χ0n) is 8.06. The highest BCUT2D eigenvalue weighted by Gasteiger charge is 2.30. The minimum atomic E-state index is -2.95. The van der Waals surface area contributed by atoms with Gasteiger partial charge in [0, 0.05) is 6.92 Å². The van der Waals surface area contributed by atoms with Crippen LogP contribution in [-0.4, -0.2) is 15.0 Å². The molecule has 0 fully saturated rings. The van der Waals surface area contributed by atoms with E-state index >= 15 is 0 Å². The Labute approximate surface area is 85.3 Å². The van der Waals surface area contributed by atoms with E-state index in [9.17, 15) is 8.78 Å². The number of hydrogen-bond acceptors (Lipinski definition) is 2. The molecule has 0 atom stereocenters. The van der Waals surface area contributed by atoms with Gasteiger partial charge in [0.05, 0.1) is 11.9 Å². The molecule has 0 bridgehead atoms. The third-order valence-corrected chi connectivity index (χ3v) is 2.00. The fourth-order valence-corrected chi connectivity index (χ4v) is 1.29. The summed E-state index contributed by atoms with van der Waals surface area (Å²) in [4.78, 5) is 0. The Hall–Kier alpha value is -1.78. The summed E-state index contributed by atoms with van der Waals surface area (Å²) in [6, 6.07) is 8.72. The quantitative estimate of drug-likeness (QED) is 0.760. The summed E-state index contributed by atoms with van der Waals surface area (Å²) in [6.45, 7) is 0.825. The van der Waals surface area contributed by atoms with Crippen molar-refractivity contribution in [2.75, 3.05) is 0 Å². The monoisotopic (exact) mass is 209 g/mol. The van der Waals surface area contributed by atoms with Crippen molar-refractivity contribution in [3.8, 4) is 5.69 Å². The summed E-state index contributed by atoms with van der Waals surface area (Å²) in [5, 5.41) is 7.14. The molecule has 1 aromatic carbocycles. The lowest BCUT2D eigenvalue weighted by atomic mass is 10.2. The van der Waals surface area contributed by atoms with Crippen molar-refractivity contribution in [1.82, 2.24) is 15.0 Å². The van der Waals surface area contributed by atoms with Crippen LogP contribution >= 0.6 is 0 Å². The molecular formula is C10H9F2N3. The molecule has 0 unspecified atom stereocenters. The largest absolute Gasteiger partial charge is 0.288 e. The molecule has 0 aliphatic heterocycles. The molecule has 3 nitrogen and oxygen atoms in total. The average Bonchev–Trinajstić information content (AvgIpc) is 2.67. The molecule has 1 heterocycles. The number of para-hydroxylation sites is 1. The van der Waals surface area contributed by atoms with E-state index in [-0.39, 0.29) is 5.69 Å². The maximum Gasteiger partial charge on any atom is 0.288 e. The zero-order valence-corrected chi connectivity index (χ0v) is 8.06.